The van der Waals surface area contributed by atoms with Crippen molar-refractivity contribution in [2.45, 2.75) is 24.9 Å². The average molecular weight is 492 g/mol. The van der Waals surface area contributed by atoms with Gasteiger partial charge >= 0.3 is 18.4 Å². The lowest BCUT2D eigenvalue weighted by Gasteiger charge is -2.20. The Hall–Kier alpha value is -3.95. The number of fused-ring (bicyclic) bond motifs is 1. The van der Waals surface area contributed by atoms with Crippen LogP contribution in [-0.2, 0) is 23.5 Å². The van der Waals surface area contributed by atoms with E-state index in [9.17, 15) is 31.1 Å². The number of benzene rings is 3. The minimum absolute atomic E-state index is 0.0503. The summed E-state index contributed by atoms with van der Waals surface area (Å²) in [6.45, 7) is 0. The molecule has 4 nitrogen and oxygen atoms in total. The second kappa shape index (κ2) is 9.36. The van der Waals surface area contributed by atoms with Crippen molar-refractivity contribution in [1.82, 2.24) is 4.98 Å². The molecule has 4 rings (SSSR count). The van der Waals surface area contributed by atoms with Gasteiger partial charge < -0.3 is 9.72 Å². The maximum absolute atomic E-state index is 13.0. The Morgan fingerprint density at radius 1 is 0.829 bits per heavy atom. The van der Waals surface area contributed by atoms with Crippen LogP contribution in [0.15, 0.2) is 79.0 Å². The minimum atomic E-state index is -4.55. The molecule has 0 saturated heterocycles. The number of ether oxygens (including phenoxy) is 1. The Bertz CT molecular complexity index is 1310. The van der Waals surface area contributed by atoms with Gasteiger partial charge in [0.05, 0.1) is 16.8 Å². The highest BCUT2D eigenvalue weighted by molar-refractivity contribution is 5.99. The predicted molar refractivity (Wildman–Crippen MR) is 118 cm³/mol. The number of anilines is 1. The fourth-order valence-electron chi connectivity index (χ4n) is 3.62. The van der Waals surface area contributed by atoms with Gasteiger partial charge in [-0.3, -0.25) is 5.32 Å². The summed E-state index contributed by atoms with van der Waals surface area (Å²) < 4.78 is 83.1. The first kappa shape index (κ1) is 24.2. The second-order valence-corrected chi connectivity index (χ2v) is 7.78. The number of hydrogen-bond donors (Lipinski definition) is 2. The van der Waals surface area contributed by atoms with Gasteiger partial charge in [-0.15, -0.1) is 0 Å². The number of nitrogens with one attached hydrogen (secondary N) is 2. The van der Waals surface area contributed by atoms with Gasteiger partial charge in [0.25, 0.3) is 0 Å². The molecule has 10 heteroatoms. The molecule has 3 aromatic carbocycles. The Morgan fingerprint density at radius 2 is 1.43 bits per heavy atom. The van der Waals surface area contributed by atoms with E-state index in [0.29, 0.717) is 11.3 Å². The molecule has 1 aromatic heterocycles. The lowest BCUT2D eigenvalue weighted by atomic mass is 9.99. The number of aromatic nitrogens is 1. The third-order valence-corrected chi connectivity index (χ3v) is 5.39. The largest absolute Gasteiger partial charge is 0.441 e. The maximum Gasteiger partial charge on any atom is 0.416 e. The molecule has 35 heavy (non-hydrogen) atoms. The molecule has 2 N–H and O–H groups in total. The first-order chi connectivity index (χ1) is 16.5. The van der Waals surface area contributed by atoms with E-state index in [1.54, 1.807) is 24.4 Å². The summed E-state index contributed by atoms with van der Waals surface area (Å²) in [5.74, 6) is 0. The van der Waals surface area contributed by atoms with E-state index in [1.807, 2.05) is 6.07 Å². The topological polar surface area (TPSA) is 54.1 Å². The molecule has 0 bridgehead atoms. The van der Waals surface area contributed by atoms with Crippen molar-refractivity contribution >= 4 is 22.7 Å². The molecule has 182 valence electrons. The van der Waals surface area contributed by atoms with Gasteiger partial charge in [-0.05, 0) is 53.6 Å². The number of aromatic amines is 1. The molecule has 0 spiro atoms. The molecule has 1 heterocycles. The summed E-state index contributed by atoms with van der Waals surface area (Å²) >= 11 is 0. The lowest BCUT2D eigenvalue weighted by Crippen LogP contribution is -2.19. The number of rotatable bonds is 5. The lowest BCUT2D eigenvalue weighted by molar-refractivity contribution is -0.138. The second-order valence-electron chi connectivity index (χ2n) is 7.78. The summed E-state index contributed by atoms with van der Waals surface area (Å²) in [5, 5.41) is 3.33. The van der Waals surface area contributed by atoms with Crippen molar-refractivity contribution in [2.75, 3.05) is 5.32 Å². The van der Waals surface area contributed by atoms with E-state index >= 15 is 0 Å². The van der Waals surface area contributed by atoms with E-state index < -0.39 is 35.7 Å². The summed E-state index contributed by atoms with van der Waals surface area (Å²) in [6, 6.07) is 15.3. The summed E-state index contributed by atoms with van der Waals surface area (Å²) in [5.41, 5.74) is 0.168. The number of alkyl halides is 6. The molecule has 0 aliphatic carbocycles. The molecule has 0 aliphatic rings. The average Bonchev–Trinajstić information content (AvgIpc) is 3.28. The third kappa shape index (κ3) is 5.76. The maximum atomic E-state index is 13.0. The molecule has 0 radical (unpaired) electrons. The Kier molecular flexibility index (Phi) is 6.47. The van der Waals surface area contributed by atoms with Crippen LogP contribution in [0, 0.1) is 0 Å². The zero-order chi connectivity index (χ0) is 25.2. The first-order valence-electron chi connectivity index (χ1n) is 10.4. The van der Waals surface area contributed by atoms with Gasteiger partial charge in [0.1, 0.15) is 6.10 Å². The highest BCUT2D eigenvalue weighted by atomic mass is 19.4. The van der Waals surface area contributed by atoms with E-state index in [1.165, 1.54) is 24.3 Å². The van der Waals surface area contributed by atoms with Crippen LogP contribution in [0.5, 0.6) is 0 Å². The monoisotopic (exact) mass is 492 g/mol. The van der Waals surface area contributed by atoms with E-state index in [4.69, 9.17) is 4.74 Å². The number of H-pyrrole nitrogens is 1. The molecule has 4 aromatic rings. The molecule has 1 atom stereocenters. The summed E-state index contributed by atoms with van der Waals surface area (Å²) in [4.78, 5) is 15.7. The number of amides is 1. The van der Waals surface area contributed by atoms with Crippen molar-refractivity contribution in [2.24, 2.45) is 0 Å². The highest BCUT2D eigenvalue weighted by Crippen LogP contribution is 2.33. The van der Waals surface area contributed by atoms with Crippen LogP contribution in [0.2, 0.25) is 0 Å². The summed E-state index contributed by atoms with van der Waals surface area (Å²) in [7, 11) is 0. The van der Waals surface area contributed by atoms with Crippen LogP contribution >= 0.6 is 0 Å². The summed E-state index contributed by atoms with van der Waals surface area (Å²) in [6.07, 6.45) is -9.34. The van der Waals surface area contributed by atoms with Gasteiger partial charge in [0, 0.05) is 23.5 Å². The van der Waals surface area contributed by atoms with Crippen molar-refractivity contribution in [3.63, 3.8) is 0 Å². The van der Waals surface area contributed by atoms with Gasteiger partial charge in [-0.1, -0.05) is 30.3 Å². The van der Waals surface area contributed by atoms with Gasteiger partial charge in [-0.2, -0.15) is 26.3 Å². The molecule has 0 fully saturated rings. The van der Waals surface area contributed by atoms with Crippen LogP contribution in [0.1, 0.15) is 28.4 Å². The normalized spacial score (nSPS) is 13.0. The standard InChI is InChI=1S/C25H18F6N2O2/c26-24(27,28)17-8-4-15(5-9-17)14-22(16-6-10-18(11-7-16)25(29,30)31)35-23(34)33-21-3-1-2-20-19(21)12-13-32-20/h1-13,22,32H,14H2,(H,33,34). The van der Waals surface area contributed by atoms with Gasteiger partial charge in [0.2, 0.25) is 0 Å². The molecule has 0 saturated carbocycles. The van der Waals surface area contributed by atoms with Crippen molar-refractivity contribution in [3.05, 3.63) is 101 Å². The van der Waals surface area contributed by atoms with E-state index in [2.05, 4.69) is 10.3 Å². The fourth-order valence-corrected chi connectivity index (χ4v) is 3.62. The quantitative estimate of drug-likeness (QED) is 0.280. The van der Waals surface area contributed by atoms with Gasteiger partial charge in [0.15, 0.2) is 0 Å². The smallest absolute Gasteiger partial charge is 0.416 e. The number of halogens is 6. The Labute approximate surface area is 195 Å². The Morgan fingerprint density at radius 3 is 2.03 bits per heavy atom. The fraction of sp³-hybridized carbons (Fsp3) is 0.160. The van der Waals surface area contributed by atoms with Crippen molar-refractivity contribution < 1.29 is 35.9 Å². The number of carbonyl (C=O) groups is 1. The van der Waals surface area contributed by atoms with Crippen LogP contribution in [0.3, 0.4) is 0 Å². The SMILES string of the molecule is O=C(Nc1cccc2[nH]ccc12)OC(Cc1ccc(C(F)(F)F)cc1)c1ccc(C(F)(F)F)cc1. The molecular formula is C25H18F6N2O2. The van der Waals surface area contributed by atoms with E-state index in [-0.39, 0.29) is 12.0 Å². The predicted octanol–water partition coefficient (Wildman–Crippen LogP) is 7.74. The number of hydrogen-bond acceptors (Lipinski definition) is 2. The van der Waals surface area contributed by atoms with Crippen molar-refractivity contribution in [1.29, 1.82) is 0 Å². The van der Waals surface area contributed by atoms with Crippen molar-refractivity contribution in [3.8, 4) is 0 Å². The highest BCUT2D eigenvalue weighted by Gasteiger charge is 2.31. The first-order valence-corrected chi connectivity index (χ1v) is 10.4. The molecular weight excluding hydrogens is 474 g/mol. The van der Waals surface area contributed by atoms with Crippen LogP contribution in [-0.4, -0.2) is 11.1 Å². The van der Waals surface area contributed by atoms with Crippen LogP contribution in [0.4, 0.5) is 36.8 Å². The zero-order valence-electron chi connectivity index (χ0n) is 17.9. The molecule has 1 amide bonds. The zero-order valence-corrected chi connectivity index (χ0v) is 17.9. The van der Waals surface area contributed by atoms with E-state index in [0.717, 1.165) is 35.2 Å². The van der Waals surface area contributed by atoms with Gasteiger partial charge in [-0.25, -0.2) is 4.79 Å². The molecule has 1 unspecified atom stereocenters. The minimum Gasteiger partial charge on any atom is -0.441 e. The number of carbonyl (C=O) groups excluding carboxylic acids is 1. The Balaban J connectivity index is 1.58. The molecule has 0 aliphatic heterocycles. The van der Waals surface area contributed by atoms with Crippen LogP contribution < -0.4 is 5.32 Å². The third-order valence-electron chi connectivity index (χ3n) is 5.39. The van der Waals surface area contributed by atoms with Crippen LogP contribution in [0.25, 0.3) is 10.9 Å².